The van der Waals surface area contributed by atoms with Crippen LogP contribution >= 0.6 is 0 Å². The molecule has 0 unspecified atom stereocenters. The molecule has 4 heteroatoms. The van der Waals surface area contributed by atoms with Crippen LogP contribution in [0.4, 0.5) is 4.39 Å². The zero-order valence-electron chi connectivity index (χ0n) is 13.5. The van der Waals surface area contributed by atoms with Crippen LogP contribution in [-0.4, -0.2) is 42.3 Å². The number of rotatable bonds is 5. The highest BCUT2D eigenvalue weighted by molar-refractivity contribution is 5.23. The smallest absolute Gasteiger partial charge is 0.126 e. The van der Waals surface area contributed by atoms with Gasteiger partial charge in [-0.2, -0.15) is 0 Å². The van der Waals surface area contributed by atoms with Crippen molar-refractivity contribution in [2.24, 2.45) is 0 Å². The normalized spacial score (nSPS) is 26.9. The quantitative estimate of drug-likeness (QED) is 0.829. The van der Waals surface area contributed by atoms with Crippen molar-refractivity contribution in [2.75, 3.05) is 13.1 Å². The molecule has 0 amide bonds. The molecule has 0 radical (unpaired) electrons. The Kier molecular flexibility index (Phi) is 4.99. The molecule has 1 heterocycles. The van der Waals surface area contributed by atoms with Gasteiger partial charge < -0.3 is 9.47 Å². The van der Waals surface area contributed by atoms with Gasteiger partial charge in [0, 0.05) is 25.2 Å². The van der Waals surface area contributed by atoms with Gasteiger partial charge in [-0.25, -0.2) is 4.39 Å². The largest absolute Gasteiger partial charge is 0.488 e. The Morgan fingerprint density at radius 2 is 1.82 bits per heavy atom. The molecule has 1 saturated heterocycles. The highest BCUT2D eigenvalue weighted by atomic mass is 19.1. The molecule has 0 aromatic heterocycles. The second-order valence-electron chi connectivity index (χ2n) is 6.77. The predicted molar refractivity (Wildman–Crippen MR) is 84.7 cm³/mol. The summed E-state index contributed by atoms with van der Waals surface area (Å²) in [5, 5.41) is 0. The Morgan fingerprint density at radius 1 is 1.09 bits per heavy atom. The van der Waals surface area contributed by atoms with Gasteiger partial charge in [0.25, 0.3) is 0 Å². The molecule has 1 saturated carbocycles. The number of likely N-dealkylation sites (tertiary alicyclic amines) is 1. The van der Waals surface area contributed by atoms with Gasteiger partial charge in [0.05, 0.1) is 12.2 Å². The number of benzene rings is 1. The van der Waals surface area contributed by atoms with Crippen LogP contribution in [-0.2, 0) is 4.74 Å². The van der Waals surface area contributed by atoms with E-state index in [0.29, 0.717) is 24.0 Å². The summed E-state index contributed by atoms with van der Waals surface area (Å²) >= 11 is 0. The van der Waals surface area contributed by atoms with Crippen LogP contribution in [0.1, 0.15) is 39.5 Å². The zero-order chi connectivity index (χ0) is 15.5. The second kappa shape index (κ2) is 6.97. The maximum Gasteiger partial charge on any atom is 0.126 e. The lowest BCUT2D eigenvalue weighted by Crippen LogP contribution is -2.58. The minimum atomic E-state index is -0.239. The zero-order valence-corrected chi connectivity index (χ0v) is 13.5. The fourth-order valence-corrected chi connectivity index (χ4v) is 3.51. The Labute approximate surface area is 132 Å². The van der Waals surface area contributed by atoms with Crippen LogP contribution < -0.4 is 4.74 Å². The van der Waals surface area contributed by atoms with Crippen LogP contribution in [0.15, 0.2) is 24.3 Å². The van der Waals surface area contributed by atoms with E-state index in [4.69, 9.17) is 9.47 Å². The molecular weight excluding hydrogens is 281 g/mol. The topological polar surface area (TPSA) is 21.7 Å². The first-order valence-corrected chi connectivity index (χ1v) is 8.42. The first-order chi connectivity index (χ1) is 10.6. The number of ether oxygens (including phenoxy) is 2. The Balaban J connectivity index is 1.39. The standard InChI is InChI=1S/C18H26FNO2/c1-13(2)21-16-8-6-15(7-9-16)20-11-18(12-20)22-17-5-3-4-14(19)10-17/h3-5,10,13,15-16,18H,6-9,11-12H2,1-2H3. The van der Waals surface area contributed by atoms with Crippen LogP contribution in [0.3, 0.4) is 0 Å². The lowest BCUT2D eigenvalue weighted by Gasteiger charge is -2.46. The molecule has 1 aliphatic carbocycles. The van der Waals surface area contributed by atoms with E-state index in [9.17, 15) is 4.39 Å². The highest BCUT2D eigenvalue weighted by Crippen LogP contribution is 2.30. The lowest BCUT2D eigenvalue weighted by molar-refractivity contribution is -0.0555. The minimum absolute atomic E-state index is 0.200. The Morgan fingerprint density at radius 3 is 2.45 bits per heavy atom. The van der Waals surface area contributed by atoms with E-state index in [2.05, 4.69) is 18.7 Å². The monoisotopic (exact) mass is 307 g/mol. The highest BCUT2D eigenvalue weighted by Gasteiger charge is 2.36. The van der Waals surface area contributed by atoms with Crippen molar-refractivity contribution in [3.63, 3.8) is 0 Å². The molecule has 2 fully saturated rings. The van der Waals surface area contributed by atoms with E-state index in [1.807, 2.05) is 6.07 Å². The van der Waals surface area contributed by atoms with Gasteiger partial charge in [0.1, 0.15) is 17.7 Å². The lowest BCUT2D eigenvalue weighted by atomic mass is 9.89. The average molecular weight is 307 g/mol. The third kappa shape index (κ3) is 3.99. The van der Waals surface area contributed by atoms with E-state index in [1.165, 1.54) is 25.0 Å². The molecule has 3 rings (SSSR count). The summed E-state index contributed by atoms with van der Waals surface area (Å²) in [4.78, 5) is 2.50. The number of nitrogens with zero attached hydrogens (tertiary/aromatic N) is 1. The van der Waals surface area contributed by atoms with Crippen molar-refractivity contribution < 1.29 is 13.9 Å². The maximum absolute atomic E-state index is 13.1. The molecule has 3 nitrogen and oxygen atoms in total. The summed E-state index contributed by atoms with van der Waals surface area (Å²) in [5.74, 6) is 0.399. The van der Waals surface area contributed by atoms with Crippen LogP contribution in [0.5, 0.6) is 5.75 Å². The molecule has 1 aliphatic heterocycles. The SMILES string of the molecule is CC(C)OC1CCC(N2CC(Oc3cccc(F)c3)C2)CC1. The van der Waals surface area contributed by atoms with E-state index < -0.39 is 0 Å². The van der Waals surface area contributed by atoms with E-state index in [-0.39, 0.29) is 11.9 Å². The summed E-state index contributed by atoms with van der Waals surface area (Å²) < 4.78 is 24.9. The molecule has 0 N–H and O–H groups in total. The minimum Gasteiger partial charge on any atom is -0.488 e. The van der Waals surface area contributed by atoms with Crippen molar-refractivity contribution in [3.8, 4) is 5.75 Å². The van der Waals surface area contributed by atoms with Gasteiger partial charge in [-0.3, -0.25) is 4.90 Å². The van der Waals surface area contributed by atoms with Crippen molar-refractivity contribution in [1.82, 2.24) is 4.90 Å². The van der Waals surface area contributed by atoms with Gasteiger partial charge in [0.2, 0.25) is 0 Å². The van der Waals surface area contributed by atoms with Crippen molar-refractivity contribution in [2.45, 2.75) is 63.9 Å². The second-order valence-corrected chi connectivity index (χ2v) is 6.77. The van der Waals surface area contributed by atoms with Crippen molar-refractivity contribution >= 4 is 0 Å². The molecule has 122 valence electrons. The summed E-state index contributed by atoms with van der Waals surface area (Å²) in [7, 11) is 0. The third-order valence-corrected chi connectivity index (χ3v) is 4.60. The fourth-order valence-electron chi connectivity index (χ4n) is 3.51. The predicted octanol–water partition coefficient (Wildman–Crippen LogP) is 3.62. The van der Waals surface area contributed by atoms with Crippen LogP contribution in [0.2, 0.25) is 0 Å². The first kappa shape index (κ1) is 15.8. The molecular formula is C18H26FNO2. The van der Waals surface area contributed by atoms with Gasteiger partial charge >= 0.3 is 0 Å². The van der Waals surface area contributed by atoms with Crippen molar-refractivity contribution in [3.05, 3.63) is 30.1 Å². The van der Waals surface area contributed by atoms with Crippen LogP contribution in [0.25, 0.3) is 0 Å². The summed E-state index contributed by atoms with van der Waals surface area (Å²) in [6.07, 6.45) is 5.72. The third-order valence-electron chi connectivity index (χ3n) is 4.60. The maximum atomic E-state index is 13.1. The van der Waals surface area contributed by atoms with Gasteiger partial charge in [-0.15, -0.1) is 0 Å². The number of hydrogen-bond acceptors (Lipinski definition) is 3. The Hall–Kier alpha value is -1.13. The molecule has 0 bridgehead atoms. The van der Waals surface area contributed by atoms with E-state index >= 15 is 0 Å². The number of hydrogen-bond donors (Lipinski definition) is 0. The Bertz CT molecular complexity index is 480. The summed E-state index contributed by atoms with van der Waals surface area (Å²) in [6.45, 7) is 6.12. The van der Waals surface area contributed by atoms with Gasteiger partial charge in [-0.1, -0.05) is 6.07 Å². The van der Waals surface area contributed by atoms with E-state index in [0.717, 1.165) is 25.9 Å². The molecule has 0 spiro atoms. The molecule has 2 aliphatic rings. The molecule has 1 aromatic carbocycles. The summed E-state index contributed by atoms with van der Waals surface area (Å²) in [5.41, 5.74) is 0. The first-order valence-electron chi connectivity index (χ1n) is 8.42. The van der Waals surface area contributed by atoms with Crippen LogP contribution in [0, 0.1) is 5.82 Å². The van der Waals surface area contributed by atoms with Gasteiger partial charge in [-0.05, 0) is 51.7 Å². The summed E-state index contributed by atoms with van der Waals surface area (Å²) in [6, 6.07) is 7.07. The molecule has 0 atom stereocenters. The number of halogens is 1. The van der Waals surface area contributed by atoms with Gasteiger partial charge in [0.15, 0.2) is 0 Å². The van der Waals surface area contributed by atoms with E-state index in [1.54, 1.807) is 6.07 Å². The molecule has 1 aromatic rings. The molecule has 22 heavy (non-hydrogen) atoms. The average Bonchev–Trinajstić information content (AvgIpc) is 2.43. The van der Waals surface area contributed by atoms with Crippen molar-refractivity contribution in [1.29, 1.82) is 0 Å². The fraction of sp³-hybridized carbons (Fsp3) is 0.667.